The smallest absolute Gasteiger partial charge is 0.408 e. The van der Waals surface area contributed by atoms with Gasteiger partial charge in [0.1, 0.15) is 30.3 Å². The number of amides is 2. The van der Waals surface area contributed by atoms with Crippen LogP contribution in [-0.2, 0) is 32.2 Å². The van der Waals surface area contributed by atoms with Crippen molar-refractivity contribution in [3.05, 3.63) is 59.7 Å². The van der Waals surface area contributed by atoms with Gasteiger partial charge in [-0.25, -0.2) is 4.79 Å². The van der Waals surface area contributed by atoms with Crippen molar-refractivity contribution in [1.29, 1.82) is 0 Å². The highest BCUT2D eigenvalue weighted by Crippen LogP contribution is 2.35. The molecule has 2 aliphatic rings. The Morgan fingerprint density at radius 3 is 2.56 bits per heavy atom. The van der Waals surface area contributed by atoms with Crippen molar-refractivity contribution in [1.82, 2.24) is 10.2 Å². The second-order valence-corrected chi connectivity index (χ2v) is 8.69. The summed E-state index contributed by atoms with van der Waals surface area (Å²) in [5, 5.41) is 2.71. The van der Waals surface area contributed by atoms with Crippen LogP contribution >= 0.6 is 0 Å². The minimum atomic E-state index is -0.782. The zero-order valence-corrected chi connectivity index (χ0v) is 19.8. The summed E-state index contributed by atoms with van der Waals surface area (Å²) in [5.41, 5.74) is 1.67. The first-order valence-electron chi connectivity index (χ1n) is 11.1. The zero-order chi connectivity index (χ0) is 24.3. The number of β-lactam (4-membered cyclic amide) rings is 1. The Bertz CT molecular complexity index is 1030. The molecule has 0 aromatic heterocycles. The summed E-state index contributed by atoms with van der Waals surface area (Å²) < 4.78 is 27.8. The van der Waals surface area contributed by atoms with E-state index in [1.165, 1.54) is 0 Å². The number of hydrogen-bond donors (Lipinski definition) is 1. The predicted molar refractivity (Wildman–Crippen MR) is 122 cm³/mol. The quantitative estimate of drug-likeness (QED) is 0.593. The molecule has 2 aromatic rings. The van der Waals surface area contributed by atoms with Crippen molar-refractivity contribution < 1.29 is 33.3 Å². The van der Waals surface area contributed by atoms with E-state index in [1.54, 1.807) is 25.2 Å². The molecular formula is C25H30N2O7. The summed E-state index contributed by atoms with van der Waals surface area (Å²) in [6, 6.07) is 13.6. The summed E-state index contributed by atoms with van der Waals surface area (Å²) in [4.78, 5) is 27.3. The molecule has 2 amide bonds. The van der Waals surface area contributed by atoms with E-state index in [4.69, 9.17) is 23.7 Å². The van der Waals surface area contributed by atoms with E-state index in [0.717, 1.165) is 11.1 Å². The largest absolute Gasteiger partial charge is 0.497 e. The van der Waals surface area contributed by atoms with Gasteiger partial charge in [-0.2, -0.15) is 0 Å². The van der Waals surface area contributed by atoms with Gasteiger partial charge in [0.05, 0.1) is 26.9 Å². The molecule has 1 N–H and O–H groups in total. The van der Waals surface area contributed by atoms with Gasteiger partial charge in [0.15, 0.2) is 5.79 Å². The van der Waals surface area contributed by atoms with Gasteiger partial charge in [0.25, 0.3) is 0 Å². The molecule has 9 heteroatoms. The topological polar surface area (TPSA) is 95.6 Å². The number of carbonyl (C=O) groups is 2. The van der Waals surface area contributed by atoms with Gasteiger partial charge in [-0.3, -0.25) is 4.79 Å². The number of ether oxygens (including phenoxy) is 5. The molecule has 2 fully saturated rings. The van der Waals surface area contributed by atoms with Crippen LogP contribution in [0.5, 0.6) is 11.5 Å². The molecule has 0 saturated carbocycles. The van der Waals surface area contributed by atoms with Crippen molar-refractivity contribution in [2.75, 3.05) is 20.8 Å². The van der Waals surface area contributed by atoms with E-state index < -0.39 is 30.1 Å². The normalized spacial score (nSPS) is 23.2. The fourth-order valence-electron chi connectivity index (χ4n) is 4.26. The Labute approximate surface area is 198 Å². The van der Waals surface area contributed by atoms with Crippen LogP contribution in [0.3, 0.4) is 0 Å². The fraction of sp³-hybridized carbons (Fsp3) is 0.440. The van der Waals surface area contributed by atoms with Crippen LogP contribution in [0.4, 0.5) is 4.79 Å². The van der Waals surface area contributed by atoms with Crippen molar-refractivity contribution >= 4 is 12.0 Å². The monoisotopic (exact) mass is 470 g/mol. The third kappa shape index (κ3) is 5.10. The minimum absolute atomic E-state index is 0.112. The molecule has 9 nitrogen and oxygen atoms in total. The number of hydrogen-bond acceptors (Lipinski definition) is 7. The Kier molecular flexibility index (Phi) is 6.95. The van der Waals surface area contributed by atoms with Crippen molar-refractivity contribution in [2.24, 2.45) is 0 Å². The maximum Gasteiger partial charge on any atom is 0.408 e. The number of methoxy groups -OCH3 is 2. The molecule has 0 unspecified atom stereocenters. The Morgan fingerprint density at radius 1 is 1.15 bits per heavy atom. The first kappa shape index (κ1) is 23.8. The second-order valence-electron chi connectivity index (χ2n) is 8.69. The second kappa shape index (κ2) is 9.90. The number of carbonyl (C=O) groups excluding carboxylic acids is 2. The number of rotatable bonds is 8. The molecule has 0 radical (unpaired) electrons. The van der Waals surface area contributed by atoms with Gasteiger partial charge < -0.3 is 33.9 Å². The van der Waals surface area contributed by atoms with Gasteiger partial charge in [0, 0.05) is 18.2 Å². The molecule has 2 aliphatic heterocycles. The summed E-state index contributed by atoms with van der Waals surface area (Å²) in [7, 11) is 3.15. The molecule has 0 spiro atoms. The van der Waals surface area contributed by atoms with Crippen LogP contribution in [0.1, 0.15) is 25.0 Å². The number of alkyl carbamates (subject to hydrolysis) is 1. The molecule has 2 saturated heterocycles. The van der Waals surface area contributed by atoms with Crippen molar-refractivity contribution in [2.45, 2.75) is 51.0 Å². The molecule has 4 rings (SSSR count). The zero-order valence-electron chi connectivity index (χ0n) is 19.8. The van der Waals surface area contributed by atoms with Gasteiger partial charge in [-0.05, 0) is 31.5 Å². The first-order valence-corrected chi connectivity index (χ1v) is 11.1. The van der Waals surface area contributed by atoms with Crippen LogP contribution in [0.15, 0.2) is 48.5 Å². The highest BCUT2D eigenvalue weighted by molar-refractivity contribution is 5.92. The van der Waals surface area contributed by atoms with Crippen LogP contribution in [0.25, 0.3) is 0 Å². The van der Waals surface area contributed by atoms with Gasteiger partial charge in [-0.1, -0.05) is 30.3 Å². The van der Waals surface area contributed by atoms with Gasteiger partial charge in [-0.15, -0.1) is 0 Å². The highest BCUT2D eigenvalue weighted by Gasteiger charge is 2.55. The third-order valence-electron chi connectivity index (χ3n) is 5.98. The lowest BCUT2D eigenvalue weighted by Gasteiger charge is -2.49. The number of benzene rings is 2. The Morgan fingerprint density at radius 2 is 1.91 bits per heavy atom. The van der Waals surface area contributed by atoms with Crippen molar-refractivity contribution in [3.8, 4) is 11.5 Å². The summed E-state index contributed by atoms with van der Waals surface area (Å²) in [5.74, 6) is 0.258. The van der Waals surface area contributed by atoms with Crippen LogP contribution in [0, 0.1) is 0 Å². The molecule has 182 valence electrons. The van der Waals surface area contributed by atoms with E-state index in [0.29, 0.717) is 18.1 Å². The lowest BCUT2D eigenvalue weighted by atomic mass is 9.89. The highest BCUT2D eigenvalue weighted by atomic mass is 16.7. The lowest BCUT2D eigenvalue weighted by Crippen LogP contribution is -2.74. The third-order valence-corrected chi connectivity index (χ3v) is 5.98. The van der Waals surface area contributed by atoms with E-state index >= 15 is 0 Å². The van der Waals surface area contributed by atoms with E-state index in [1.807, 2.05) is 56.3 Å². The van der Waals surface area contributed by atoms with Crippen LogP contribution in [-0.4, -0.2) is 61.7 Å². The summed E-state index contributed by atoms with van der Waals surface area (Å²) >= 11 is 0. The average Bonchev–Trinajstić information content (AvgIpc) is 3.20. The first-order chi connectivity index (χ1) is 16.3. The predicted octanol–water partition coefficient (Wildman–Crippen LogP) is 2.86. The molecule has 0 aliphatic carbocycles. The van der Waals surface area contributed by atoms with E-state index in [2.05, 4.69) is 5.32 Å². The lowest BCUT2D eigenvalue weighted by molar-refractivity contribution is -0.174. The standard InChI is InChI=1S/C25H30N2O7/c1-25(2)33-15-20(34-25)22-21(26-24(29)32-14-16-8-6-5-7-9-16)23(28)27(22)13-17-10-11-18(30-3)12-19(17)31-4/h5-12,20-22H,13-15H2,1-4H3,(H,26,29)/t20-,21-,22+/m0/s1. The van der Waals surface area contributed by atoms with Crippen molar-refractivity contribution in [3.63, 3.8) is 0 Å². The maximum atomic E-state index is 13.1. The molecule has 3 atom stereocenters. The number of likely N-dealkylation sites (tertiary alicyclic amines) is 1. The van der Waals surface area contributed by atoms with Gasteiger partial charge in [0.2, 0.25) is 5.91 Å². The maximum absolute atomic E-state index is 13.1. The summed E-state index contributed by atoms with van der Waals surface area (Å²) in [6.07, 6.45) is -1.07. The number of nitrogens with one attached hydrogen (secondary N) is 1. The molecular weight excluding hydrogens is 440 g/mol. The fourth-order valence-corrected chi connectivity index (χ4v) is 4.26. The Balaban J connectivity index is 1.47. The molecule has 0 bridgehead atoms. The van der Waals surface area contributed by atoms with E-state index in [9.17, 15) is 9.59 Å². The molecule has 2 heterocycles. The molecule has 34 heavy (non-hydrogen) atoms. The van der Waals surface area contributed by atoms with Crippen LogP contribution in [0.2, 0.25) is 0 Å². The SMILES string of the molecule is COc1ccc(CN2C(=O)[C@@H](NC(=O)OCc3ccccc3)[C@H]2[C@@H]2COC(C)(C)O2)c(OC)c1. The van der Waals surface area contributed by atoms with Gasteiger partial charge >= 0.3 is 6.09 Å². The molecule has 2 aromatic carbocycles. The van der Waals surface area contributed by atoms with Crippen LogP contribution < -0.4 is 14.8 Å². The number of nitrogens with zero attached hydrogens (tertiary/aromatic N) is 1. The van der Waals surface area contributed by atoms with E-state index in [-0.39, 0.29) is 19.1 Å². The summed E-state index contributed by atoms with van der Waals surface area (Å²) in [6.45, 7) is 4.34. The minimum Gasteiger partial charge on any atom is -0.497 e. The Hall–Kier alpha value is -3.30. The average molecular weight is 471 g/mol.